The van der Waals surface area contributed by atoms with E-state index < -0.39 is 5.97 Å². The van der Waals surface area contributed by atoms with Gasteiger partial charge in [0.1, 0.15) is 0 Å². The fraction of sp³-hybridized carbons (Fsp3) is 0.133. The zero-order valence-electron chi connectivity index (χ0n) is 10.1. The molecule has 0 saturated heterocycles. The number of carboxylic acids is 1. The molecule has 1 N–H and O–H groups in total. The van der Waals surface area contributed by atoms with Crippen molar-refractivity contribution in [2.24, 2.45) is 0 Å². The van der Waals surface area contributed by atoms with Crippen LogP contribution in [0.3, 0.4) is 0 Å². The van der Waals surface area contributed by atoms with Crippen LogP contribution in [-0.2, 0) is 0 Å². The van der Waals surface area contributed by atoms with Gasteiger partial charge in [-0.25, -0.2) is 4.79 Å². The summed E-state index contributed by atoms with van der Waals surface area (Å²) in [6.45, 7) is 4.00. The van der Waals surface area contributed by atoms with Crippen LogP contribution < -0.4 is 0 Å². The van der Waals surface area contributed by atoms with Crippen molar-refractivity contribution in [1.29, 1.82) is 0 Å². The van der Waals surface area contributed by atoms with E-state index in [-0.39, 0.29) is 0 Å². The van der Waals surface area contributed by atoms with Crippen LogP contribution in [-0.4, -0.2) is 11.1 Å². The molecule has 0 aliphatic rings. The van der Waals surface area contributed by atoms with Crippen LogP contribution in [0.25, 0.3) is 11.1 Å². The minimum atomic E-state index is -0.894. The number of hydrogen-bond donors (Lipinski definition) is 1. The summed E-state index contributed by atoms with van der Waals surface area (Å²) in [6, 6.07) is 16.5. The Morgan fingerprint density at radius 2 is 1.41 bits per heavy atom. The van der Waals surface area contributed by atoms with E-state index in [0.29, 0.717) is 5.56 Å². The molecule has 0 radical (unpaired) electrons. The van der Waals surface area contributed by atoms with Crippen molar-refractivity contribution in [2.45, 2.75) is 13.8 Å². The summed E-state index contributed by atoms with van der Waals surface area (Å²) in [6.07, 6.45) is 0. The van der Waals surface area contributed by atoms with Gasteiger partial charge in [-0.15, -0.1) is 0 Å². The maximum atomic E-state index is 11.0. The predicted molar refractivity (Wildman–Crippen MR) is 70.2 cm³/mol. The molecular weight excluding hydrogens is 212 g/mol. The molecule has 2 heteroatoms. The predicted octanol–water partition coefficient (Wildman–Crippen LogP) is 4.08. The van der Waals surface area contributed by atoms with E-state index in [2.05, 4.69) is 0 Å². The number of carbonyl (C=O) groups is 1. The lowest BCUT2D eigenvalue weighted by atomic mass is 10.00. The molecule has 0 fully saturated rings. The van der Waals surface area contributed by atoms with E-state index in [0.717, 1.165) is 11.1 Å². The maximum absolute atomic E-state index is 11.0. The monoisotopic (exact) mass is 228 g/mol. The Hall–Kier alpha value is -2.09. The fourth-order valence-corrected chi connectivity index (χ4v) is 1.54. The van der Waals surface area contributed by atoms with Gasteiger partial charge in [-0.05, 0) is 17.2 Å². The van der Waals surface area contributed by atoms with Crippen molar-refractivity contribution in [3.63, 3.8) is 0 Å². The summed E-state index contributed by atoms with van der Waals surface area (Å²) < 4.78 is 0. The molecule has 2 aromatic rings. The van der Waals surface area contributed by atoms with Crippen molar-refractivity contribution >= 4 is 5.97 Å². The number of carboxylic acid groups (broad SMARTS) is 1. The van der Waals surface area contributed by atoms with Crippen LogP contribution in [0.15, 0.2) is 54.6 Å². The van der Waals surface area contributed by atoms with Crippen molar-refractivity contribution in [3.05, 3.63) is 60.2 Å². The quantitative estimate of drug-likeness (QED) is 0.841. The van der Waals surface area contributed by atoms with Gasteiger partial charge in [-0.2, -0.15) is 0 Å². The highest BCUT2D eigenvalue weighted by Crippen LogP contribution is 2.22. The second kappa shape index (κ2) is 6.48. The van der Waals surface area contributed by atoms with Gasteiger partial charge >= 0.3 is 5.97 Å². The minimum absolute atomic E-state index is 0.337. The van der Waals surface area contributed by atoms with E-state index in [1.165, 1.54) is 0 Å². The molecule has 0 atom stereocenters. The number of hydrogen-bond acceptors (Lipinski definition) is 1. The molecule has 0 unspecified atom stereocenters. The summed E-state index contributed by atoms with van der Waals surface area (Å²) in [5, 5.41) is 9.03. The lowest BCUT2D eigenvalue weighted by Gasteiger charge is -2.05. The second-order valence-electron chi connectivity index (χ2n) is 3.22. The highest BCUT2D eigenvalue weighted by Gasteiger charge is 2.09. The normalized spacial score (nSPS) is 9.06. The van der Waals surface area contributed by atoms with E-state index >= 15 is 0 Å². The first-order chi connectivity index (χ1) is 8.29. The Balaban J connectivity index is 0.000000686. The number of aromatic carboxylic acids is 1. The summed E-state index contributed by atoms with van der Waals surface area (Å²) in [7, 11) is 0. The molecule has 0 aromatic heterocycles. The van der Waals surface area contributed by atoms with Crippen LogP contribution in [0, 0.1) is 0 Å². The third-order valence-electron chi connectivity index (χ3n) is 2.24. The van der Waals surface area contributed by atoms with Crippen LogP contribution in [0.4, 0.5) is 0 Å². The molecule has 17 heavy (non-hydrogen) atoms. The van der Waals surface area contributed by atoms with Crippen molar-refractivity contribution in [3.8, 4) is 11.1 Å². The molecule has 0 heterocycles. The van der Waals surface area contributed by atoms with Gasteiger partial charge in [0.05, 0.1) is 5.56 Å². The number of benzene rings is 2. The Labute approximate surface area is 102 Å². The molecule has 0 bridgehead atoms. The van der Waals surface area contributed by atoms with Crippen LogP contribution >= 0.6 is 0 Å². The second-order valence-corrected chi connectivity index (χ2v) is 3.22. The van der Waals surface area contributed by atoms with Crippen LogP contribution in [0.2, 0.25) is 0 Å². The van der Waals surface area contributed by atoms with E-state index in [4.69, 9.17) is 5.11 Å². The zero-order chi connectivity index (χ0) is 12.7. The topological polar surface area (TPSA) is 37.3 Å². The van der Waals surface area contributed by atoms with Crippen molar-refractivity contribution in [2.75, 3.05) is 0 Å². The average Bonchev–Trinajstić information content (AvgIpc) is 2.42. The lowest BCUT2D eigenvalue weighted by Crippen LogP contribution is -1.98. The van der Waals surface area contributed by atoms with Crippen LogP contribution in [0.1, 0.15) is 24.2 Å². The first-order valence-corrected chi connectivity index (χ1v) is 5.67. The summed E-state index contributed by atoms with van der Waals surface area (Å²) >= 11 is 0. The Bertz CT molecular complexity index is 475. The first kappa shape index (κ1) is 13.0. The SMILES string of the molecule is CC.O=C(O)c1ccccc1-c1ccccc1. The maximum Gasteiger partial charge on any atom is 0.336 e. The Morgan fingerprint density at radius 1 is 0.882 bits per heavy atom. The van der Waals surface area contributed by atoms with Gasteiger partial charge in [0.15, 0.2) is 0 Å². The van der Waals surface area contributed by atoms with Gasteiger partial charge in [0.2, 0.25) is 0 Å². The van der Waals surface area contributed by atoms with Gasteiger partial charge in [-0.1, -0.05) is 62.4 Å². The smallest absolute Gasteiger partial charge is 0.336 e. The summed E-state index contributed by atoms with van der Waals surface area (Å²) in [5.41, 5.74) is 2.02. The summed E-state index contributed by atoms with van der Waals surface area (Å²) in [5.74, 6) is -0.894. The zero-order valence-corrected chi connectivity index (χ0v) is 10.1. The third-order valence-corrected chi connectivity index (χ3v) is 2.24. The van der Waals surface area contributed by atoms with Crippen molar-refractivity contribution in [1.82, 2.24) is 0 Å². The van der Waals surface area contributed by atoms with Gasteiger partial charge in [-0.3, -0.25) is 0 Å². The van der Waals surface area contributed by atoms with Crippen LogP contribution in [0.5, 0.6) is 0 Å². The molecule has 88 valence electrons. The number of rotatable bonds is 2. The van der Waals surface area contributed by atoms with Crippen molar-refractivity contribution < 1.29 is 9.90 Å². The molecule has 2 aromatic carbocycles. The molecule has 2 rings (SSSR count). The largest absolute Gasteiger partial charge is 0.478 e. The fourth-order valence-electron chi connectivity index (χ4n) is 1.54. The van der Waals surface area contributed by atoms with E-state index in [1.807, 2.05) is 56.3 Å². The van der Waals surface area contributed by atoms with Gasteiger partial charge in [0, 0.05) is 0 Å². The average molecular weight is 228 g/mol. The highest BCUT2D eigenvalue weighted by molar-refractivity contribution is 5.95. The molecule has 2 nitrogen and oxygen atoms in total. The van der Waals surface area contributed by atoms with E-state index in [9.17, 15) is 4.79 Å². The summed E-state index contributed by atoms with van der Waals surface area (Å²) in [4.78, 5) is 11.0. The third kappa shape index (κ3) is 3.18. The molecule has 0 aliphatic heterocycles. The minimum Gasteiger partial charge on any atom is -0.478 e. The lowest BCUT2D eigenvalue weighted by molar-refractivity contribution is 0.0697. The molecule has 0 aliphatic carbocycles. The van der Waals surface area contributed by atoms with Gasteiger partial charge < -0.3 is 5.11 Å². The first-order valence-electron chi connectivity index (χ1n) is 5.67. The van der Waals surface area contributed by atoms with E-state index in [1.54, 1.807) is 12.1 Å². The molecule has 0 saturated carbocycles. The Morgan fingerprint density at radius 3 is 2.00 bits per heavy atom. The molecule has 0 spiro atoms. The van der Waals surface area contributed by atoms with Gasteiger partial charge in [0.25, 0.3) is 0 Å². The standard InChI is InChI=1S/C13H10O2.C2H6/c14-13(15)12-9-5-4-8-11(12)10-6-2-1-3-7-10;1-2/h1-9H,(H,14,15);1-2H3. The molecule has 0 amide bonds. The highest BCUT2D eigenvalue weighted by atomic mass is 16.4. The Kier molecular flexibility index (Phi) is 4.95. The molecular formula is C15H16O2.